The molecule has 0 saturated heterocycles. The average molecular weight is 816 g/mol. The average Bonchev–Trinajstić information content (AvgIpc) is 3.33. The number of imide groups is 1. The van der Waals surface area contributed by atoms with Gasteiger partial charge in [-0.2, -0.15) is 20.2 Å². The zero-order valence-electron chi connectivity index (χ0n) is 29.8. The molecule has 0 spiro atoms. The lowest BCUT2D eigenvalue weighted by Gasteiger charge is -2.17. The van der Waals surface area contributed by atoms with Crippen LogP contribution in [0.5, 0.6) is 0 Å². The third-order valence-corrected chi connectivity index (χ3v) is 9.06. The number of carbonyl (C=O) groups excluding carboxylic acids is 3. The zero-order chi connectivity index (χ0) is 40.1. The fourth-order valence-corrected chi connectivity index (χ4v) is 5.86. The van der Waals surface area contributed by atoms with Gasteiger partial charge in [0.15, 0.2) is 7.37 Å². The van der Waals surface area contributed by atoms with E-state index in [4.69, 9.17) is 60.5 Å². The highest BCUT2D eigenvalue weighted by Crippen LogP contribution is 2.37. The van der Waals surface area contributed by atoms with Gasteiger partial charge in [-0.3, -0.25) is 18.9 Å². The summed E-state index contributed by atoms with van der Waals surface area (Å²) in [4.78, 5) is 68.9. The van der Waals surface area contributed by atoms with Gasteiger partial charge in [-0.25, -0.2) is 9.69 Å². The van der Waals surface area contributed by atoms with Crippen molar-refractivity contribution in [2.24, 2.45) is 5.73 Å². The van der Waals surface area contributed by atoms with Crippen LogP contribution in [0, 0.1) is 11.3 Å². The number of nitrogens with one attached hydrogen (secondary N) is 2. The second kappa shape index (κ2) is 20.4. The van der Waals surface area contributed by atoms with E-state index in [1.165, 1.54) is 17.6 Å². The highest BCUT2D eigenvalue weighted by atomic mass is 35.5. The Balaban J connectivity index is 0.000000307. The lowest BCUT2D eigenvalue weighted by Crippen LogP contribution is -2.31. The number of nitrogens with zero attached hydrogens (tertiary/aromatic N) is 5. The van der Waals surface area contributed by atoms with Gasteiger partial charge in [0.2, 0.25) is 17.2 Å². The number of carboxylic acids is 1. The maximum Gasteiger partial charge on any atom is 0.349 e. The van der Waals surface area contributed by atoms with Crippen LogP contribution in [0.4, 0.5) is 17.6 Å². The van der Waals surface area contributed by atoms with E-state index in [2.05, 4.69) is 31.7 Å². The molecule has 288 valence electrons. The minimum absolute atomic E-state index is 0.0412. The third kappa shape index (κ3) is 14.3. The maximum absolute atomic E-state index is 12.7. The number of amides is 2. The van der Waals surface area contributed by atoms with Crippen molar-refractivity contribution in [3.05, 3.63) is 50.2 Å². The molecular formula is C33H42Cl3N8O8P. The molecule has 6 N–H and O–H groups in total. The topological polar surface area (TPSA) is 251 Å². The molecule has 2 unspecified atom stereocenters. The van der Waals surface area contributed by atoms with E-state index in [0.29, 0.717) is 52.8 Å². The number of nitrogens with two attached hydrogens (primary N) is 1. The van der Waals surface area contributed by atoms with Gasteiger partial charge >= 0.3 is 11.9 Å². The van der Waals surface area contributed by atoms with E-state index >= 15 is 0 Å². The molecule has 20 heteroatoms. The van der Waals surface area contributed by atoms with Gasteiger partial charge in [0.05, 0.1) is 18.4 Å². The van der Waals surface area contributed by atoms with Crippen molar-refractivity contribution in [1.29, 1.82) is 5.26 Å². The Labute approximate surface area is 322 Å². The van der Waals surface area contributed by atoms with Crippen LogP contribution >= 0.6 is 42.2 Å². The summed E-state index contributed by atoms with van der Waals surface area (Å²) in [5.74, 6) is -1.70. The normalized spacial score (nSPS) is 15.8. The van der Waals surface area contributed by atoms with Gasteiger partial charge in [-0.1, -0.05) is 23.2 Å². The molecule has 53 heavy (non-hydrogen) atoms. The molecule has 1 aromatic heterocycles. The fourth-order valence-electron chi connectivity index (χ4n) is 4.60. The molecular weight excluding hydrogens is 774 g/mol. The van der Waals surface area contributed by atoms with Crippen molar-refractivity contribution < 1.29 is 38.5 Å². The van der Waals surface area contributed by atoms with E-state index < -0.39 is 30.9 Å². The highest BCUT2D eigenvalue weighted by Gasteiger charge is 2.39. The van der Waals surface area contributed by atoms with Crippen molar-refractivity contribution >= 4 is 89.6 Å². The summed E-state index contributed by atoms with van der Waals surface area (Å²) >= 11 is 17.9. The second-order valence-electron chi connectivity index (χ2n) is 12.2. The fraction of sp³-hybridized carbons (Fsp3) is 0.455. The molecule has 0 fully saturated rings. The number of hydrogen-bond acceptors (Lipinski definition) is 13. The number of carboxylic acid groups (broad SMARTS) is 1. The molecule has 2 amide bonds. The van der Waals surface area contributed by atoms with Crippen LogP contribution < -0.4 is 21.3 Å². The van der Waals surface area contributed by atoms with E-state index in [0.717, 1.165) is 12.8 Å². The van der Waals surface area contributed by atoms with Crippen LogP contribution in [-0.2, 0) is 28.5 Å². The number of nitriles is 1. The summed E-state index contributed by atoms with van der Waals surface area (Å²) in [6.45, 7) is 9.10. The number of benzene rings is 1. The summed E-state index contributed by atoms with van der Waals surface area (Å²) in [6, 6.07) is 5.79. The molecule has 2 aromatic rings. The van der Waals surface area contributed by atoms with E-state index in [1.54, 1.807) is 39.0 Å². The van der Waals surface area contributed by atoms with Crippen LogP contribution in [0.1, 0.15) is 65.4 Å². The van der Waals surface area contributed by atoms with Gasteiger partial charge in [0, 0.05) is 35.5 Å². The number of hydrogen-bond donors (Lipinski definition) is 5. The van der Waals surface area contributed by atoms with Crippen molar-refractivity contribution in [2.75, 3.05) is 41.5 Å². The number of halogens is 3. The Morgan fingerprint density at radius 3 is 2.23 bits per heavy atom. The molecule has 16 nitrogen and oxygen atoms in total. The summed E-state index contributed by atoms with van der Waals surface area (Å²) in [6.07, 6.45) is 4.45. The zero-order valence-corrected chi connectivity index (χ0v) is 32.9. The first-order valence-corrected chi connectivity index (χ1v) is 19.7. The second-order valence-corrected chi connectivity index (χ2v) is 15.9. The summed E-state index contributed by atoms with van der Waals surface area (Å²) in [5, 5.41) is 23.2. The van der Waals surface area contributed by atoms with Gasteiger partial charge in [-0.05, 0) is 101 Å². The van der Waals surface area contributed by atoms with Crippen LogP contribution in [0.15, 0.2) is 34.4 Å². The van der Waals surface area contributed by atoms with E-state index in [1.807, 2.05) is 6.92 Å². The highest BCUT2D eigenvalue weighted by molar-refractivity contribution is 7.57. The SMILES string of the molecule is CCNc1nc(Cl)nc(NC(C)(C)C#N)n1.CCOC(=O)/C(Cl)=C/c1cc(N2C(=O)C3=C(CCCC3)C2=O)ccc1Cl.CP(=O)(O)CCC(N)C(=O)O. The van der Waals surface area contributed by atoms with Crippen molar-refractivity contribution in [1.82, 2.24) is 15.0 Å². The molecule has 1 aromatic carbocycles. The molecule has 0 saturated carbocycles. The number of aliphatic carboxylic acids is 1. The van der Waals surface area contributed by atoms with Gasteiger partial charge in [0.1, 0.15) is 16.6 Å². The van der Waals surface area contributed by atoms with Crippen LogP contribution in [0.2, 0.25) is 10.3 Å². The van der Waals surface area contributed by atoms with Crippen LogP contribution in [0.3, 0.4) is 0 Å². The van der Waals surface area contributed by atoms with E-state index in [9.17, 15) is 23.7 Å². The number of anilines is 3. The van der Waals surface area contributed by atoms with Crippen molar-refractivity contribution in [3.8, 4) is 6.07 Å². The molecule has 1 aliphatic carbocycles. The number of carbonyl (C=O) groups is 4. The smallest absolute Gasteiger partial charge is 0.349 e. The predicted molar refractivity (Wildman–Crippen MR) is 203 cm³/mol. The first kappa shape index (κ1) is 45.1. The van der Waals surface area contributed by atoms with Gasteiger partial charge in [-0.15, -0.1) is 0 Å². The molecule has 1 aliphatic heterocycles. The summed E-state index contributed by atoms with van der Waals surface area (Å²) < 4.78 is 15.5. The Morgan fingerprint density at radius 2 is 1.72 bits per heavy atom. The Hall–Kier alpha value is -4.10. The Morgan fingerprint density at radius 1 is 1.13 bits per heavy atom. The largest absolute Gasteiger partial charge is 0.480 e. The minimum atomic E-state index is -3.10. The van der Waals surface area contributed by atoms with Gasteiger partial charge in [0.25, 0.3) is 11.8 Å². The standard InChI is InChI=1S/C19H17Cl2NO4.C9H13ClN6.C5H12NO4P/c1-2-26-19(25)16(21)10-11-9-12(7-8-15(11)20)22-17(23)13-5-3-4-6-14(13)18(22)24;1-4-12-7-13-6(10)14-8(15-7)16-9(2,3)5-11;1-11(9,10)3-2-4(6)5(7)8/h7-10H,2-6H2,1H3;4H2,1-3H3,(H2,12,13,14,15,16);4H,2-3,6H2,1H3,(H,7,8)(H,9,10)/b16-10-;;. The summed E-state index contributed by atoms with van der Waals surface area (Å²) in [7, 11) is -3.10. The number of rotatable bonds is 12. The van der Waals surface area contributed by atoms with Crippen LogP contribution in [0.25, 0.3) is 6.08 Å². The van der Waals surface area contributed by atoms with Crippen LogP contribution in [-0.4, -0.2) is 86.3 Å². The Bertz CT molecular complexity index is 1820. The quantitative estimate of drug-likeness (QED) is 0.0758. The number of esters is 1. The maximum atomic E-state index is 12.7. The number of aromatic nitrogens is 3. The first-order valence-electron chi connectivity index (χ1n) is 16.3. The predicted octanol–water partition coefficient (Wildman–Crippen LogP) is 5.59. The molecule has 4 rings (SSSR count). The lowest BCUT2D eigenvalue weighted by molar-refractivity contribution is -0.139. The molecule has 2 heterocycles. The molecule has 2 aliphatic rings. The van der Waals surface area contributed by atoms with Crippen molar-refractivity contribution in [2.45, 2.75) is 71.4 Å². The summed E-state index contributed by atoms with van der Waals surface area (Å²) in [5.41, 5.74) is 6.38. The minimum Gasteiger partial charge on any atom is -0.480 e. The molecule has 0 bridgehead atoms. The number of ether oxygens (including phenoxy) is 1. The third-order valence-electron chi connectivity index (χ3n) is 7.20. The Kier molecular flexibility index (Phi) is 17.3. The van der Waals surface area contributed by atoms with Crippen molar-refractivity contribution in [3.63, 3.8) is 0 Å². The monoisotopic (exact) mass is 814 g/mol. The molecule has 0 radical (unpaired) electrons. The van der Waals surface area contributed by atoms with Gasteiger partial charge < -0.3 is 31.1 Å². The lowest BCUT2D eigenvalue weighted by atomic mass is 9.93. The van der Waals surface area contributed by atoms with E-state index in [-0.39, 0.29) is 47.3 Å². The molecule has 2 atom stereocenters. The first-order chi connectivity index (χ1) is 24.7.